The Kier molecular flexibility index (Phi) is 5.24. The maximum absolute atomic E-state index is 13.3. The Morgan fingerprint density at radius 3 is 1.97 bits per heavy atom. The van der Waals surface area contributed by atoms with E-state index >= 15 is 0 Å². The molecule has 5 nitrogen and oxygen atoms in total. The van der Waals surface area contributed by atoms with Crippen LogP contribution in [0, 0.1) is 13.8 Å². The maximum Gasteiger partial charge on any atom is 0.293 e. The predicted octanol–water partition coefficient (Wildman–Crippen LogP) is 3.66. The van der Waals surface area contributed by atoms with Crippen molar-refractivity contribution in [3.63, 3.8) is 0 Å². The third-order valence-electron chi connectivity index (χ3n) is 5.76. The molecular weight excluding hydrogens is 360 g/mol. The second-order valence-corrected chi connectivity index (χ2v) is 8.05. The lowest BCUT2D eigenvalue weighted by Crippen LogP contribution is -2.43. The van der Waals surface area contributed by atoms with Crippen molar-refractivity contribution in [1.29, 1.82) is 0 Å². The SMILES string of the molecule is Cc1ccc(-c2nc(N3CCC(N)CC3)c(=O)n(C)c2-c2ccc(C)cc2)cc1. The molecule has 1 saturated heterocycles. The van der Waals surface area contributed by atoms with Gasteiger partial charge in [0.2, 0.25) is 0 Å². The van der Waals surface area contributed by atoms with Crippen LogP contribution in [0.15, 0.2) is 53.3 Å². The zero-order valence-corrected chi connectivity index (χ0v) is 17.4. The van der Waals surface area contributed by atoms with Crippen LogP contribution in [0.4, 0.5) is 5.82 Å². The maximum atomic E-state index is 13.3. The number of piperidine rings is 1. The molecule has 2 aromatic carbocycles. The number of nitrogens with zero attached hydrogens (tertiary/aromatic N) is 3. The Morgan fingerprint density at radius 2 is 1.41 bits per heavy atom. The van der Waals surface area contributed by atoms with E-state index in [9.17, 15) is 4.79 Å². The van der Waals surface area contributed by atoms with Gasteiger partial charge in [-0.1, -0.05) is 59.7 Å². The molecule has 1 fully saturated rings. The zero-order valence-electron chi connectivity index (χ0n) is 17.4. The predicted molar refractivity (Wildman–Crippen MR) is 119 cm³/mol. The van der Waals surface area contributed by atoms with Crippen molar-refractivity contribution in [2.45, 2.75) is 32.7 Å². The van der Waals surface area contributed by atoms with E-state index in [1.54, 1.807) is 4.57 Å². The number of hydrogen-bond donors (Lipinski definition) is 1. The fraction of sp³-hybridized carbons (Fsp3) is 0.333. The molecule has 0 bridgehead atoms. The van der Waals surface area contributed by atoms with Crippen molar-refractivity contribution in [1.82, 2.24) is 9.55 Å². The minimum absolute atomic E-state index is 0.0630. The minimum atomic E-state index is -0.0630. The van der Waals surface area contributed by atoms with Crippen molar-refractivity contribution in [3.05, 3.63) is 70.0 Å². The summed E-state index contributed by atoms with van der Waals surface area (Å²) in [6.45, 7) is 5.66. The molecule has 3 aromatic rings. The standard InChI is InChI=1S/C24H28N4O/c1-16-4-8-18(9-5-16)21-22(19-10-6-17(2)7-11-19)27(3)24(29)23(26-21)28-14-12-20(25)13-15-28/h4-11,20H,12-15,25H2,1-3H3. The molecule has 0 aliphatic carbocycles. The molecule has 0 radical (unpaired) electrons. The van der Waals surface area contributed by atoms with Crippen LogP contribution in [0.3, 0.4) is 0 Å². The number of benzene rings is 2. The Morgan fingerprint density at radius 1 is 0.897 bits per heavy atom. The lowest BCUT2D eigenvalue weighted by molar-refractivity contribution is 0.496. The molecule has 4 rings (SSSR count). The number of aryl methyl sites for hydroxylation is 2. The highest BCUT2D eigenvalue weighted by Gasteiger charge is 2.24. The van der Waals surface area contributed by atoms with Crippen molar-refractivity contribution >= 4 is 5.82 Å². The van der Waals surface area contributed by atoms with Gasteiger partial charge in [-0.2, -0.15) is 0 Å². The van der Waals surface area contributed by atoms with Crippen LogP contribution in [0.2, 0.25) is 0 Å². The molecule has 1 aromatic heterocycles. The van der Waals surface area contributed by atoms with Gasteiger partial charge < -0.3 is 15.2 Å². The van der Waals surface area contributed by atoms with E-state index in [0.717, 1.165) is 48.4 Å². The zero-order chi connectivity index (χ0) is 20.5. The fourth-order valence-electron chi connectivity index (χ4n) is 3.89. The van der Waals surface area contributed by atoms with Crippen molar-refractivity contribution in [3.8, 4) is 22.5 Å². The summed E-state index contributed by atoms with van der Waals surface area (Å²) in [6.07, 6.45) is 1.76. The molecule has 0 spiro atoms. The van der Waals surface area contributed by atoms with Crippen LogP contribution in [-0.2, 0) is 7.05 Å². The Labute approximate surface area is 171 Å². The first kappa shape index (κ1) is 19.4. The van der Waals surface area contributed by atoms with E-state index in [1.807, 2.05) is 7.05 Å². The molecule has 29 heavy (non-hydrogen) atoms. The number of anilines is 1. The quantitative estimate of drug-likeness (QED) is 0.744. The first-order valence-corrected chi connectivity index (χ1v) is 10.2. The van der Waals surface area contributed by atoms with E-state index in [-0.39, 0.29) is 11.6 Å². The normalized spacial score (nSPS) is 15.0. The number of hydrogen-bond acceptors (Lipinski definition) is 4. The highest BCUT2D eigenvalue weighted by Crippen LogP contribution is 2.31. The van der Waals surface area contributed by atoms with Crippen molar-refractivity contribution < 1.29 is 0 Å². The molecule has 2 heterocycles. The molecule has 5 heteroatoms. The van der Waals surface area contributed by atoms with Gasteiger partial charge in [0.15, 0.2) is 5.82 Å². The summed E-state index contributed by atoms with van der Waals surface area (Å²) in [6, 6.07) is 16.8. The molecule has 0 amide bonds. The number of rotatable bonds is 3. The first-order valence-electron chi connectivity index (χ1n) is 10.2. The van der Waals surface area contributed by atoms with Gasteiger partial charge in [0.25, 0.3) is 5.56 Å². The van der Waals surface area contributed by atoms with Crippen molar-refractivity contribution in [2.24, 2.45) is 12.8 Å². The monoisotopic (exact) mass is 388 g/mol. The molecule has 150 valence electrons. The summed E-state index contributed by atoms with van der Waals surface area (Å²) in [5, 5.41) is 0. The second-order valence-electron chi connectivity index (χ2n) is 8.05. The summed E-state index contributed by atoms with van der Waals surface area (Å²) in [5.41, 5.74) is 12.1. The third-order valence-corrected chi connectivity index (χ3v) is 5.76. The largest absolute Gasteiger partial charge is 0.352 e. The van der Waals surface area contributed by atoms with Crippen LogP contribution in [0.5, 0.6) is 0 Å². The van der Waals surface area contributed by atoms with Gasteiger partial charge >= 0.3 is 0 Å². The summed E-state index contributed by atoms with van der Waals surface area (Å²) >= 11 is 0. The summed E-state index contributed by atoms with van der Waals surface area (Å²) in [5.74, 6) is 0.519. The Hall–Kier alpha value is -2.92. The average molecular weight is 389 g/mol. The van der Waals surface area contributed by atoms with Crippen LogP contribution < -0.4 is 16.2 Å². The third kappa shape index (κ3) is 3.83. The van der Waals surface area contributed by atoms with E-state index in [4.69, 9.17) is 10.7 Å². The van der Waals surface area contributed by atoms with E-state index in [2.05, 4.69) is 67.3 Å². The molecule has 0 unspecified atom stereocenters. The van der Waals surface area contributed by atoms with Crippen LogP contribution in [0.25, 0.3) is 22.5 Å². The van der Waals surface area contributed by atoms with E-state index in [1.165, 1.54) is 11.1 Å². The smallest absolute Gasteiger partial charge is 0.293 e. The lowest BCUT2D eigenvalue weighted by Gasteiger charge is -2.31. The van der Waals surface area contributed by atoms with Gasteiger partial charge in [0, 0.05) is 37.3 Å². The summed E-state index contributed by atoms with van der Waals surface area (Å²) < 4.78 is 1.75. The molecule has 0 saturated carbocycles. The first-order chi connectivity index (χ1) is 13.9. The molecule has 1 aliphatic rings. The van der Waals surface area contributed by atoms with Gasteiger partial charge in [0.1, 0.15) is 0 Å². The van der Waals surface area contributed by atoms with E-state index < -0.39 is 0 Å². The van der Waals surface area contributed by atoms with Crippen molar-refractivity contribution in [2.75, 3.05) is 18.0 Å². The van der Waals surface area contributed by atoms with Gasteiger partial charge in [-0.25, -0.2) is 4.98 Å². The molecule has 1 aliphatic heterocycles. The van der Waals surface area contributed by atoms with Gasteiger partial charge in [-0.15, -0.1) is 0 Å². The van der Waals surface area contributed by atoms with E-state index in [0.29, 0.717) is 5.82 Å². The summed E-state index contributed by atoms with van der Waals surface area (Å²) in [7, 11) is 1.84. The molecule has 0 atom stereocenters. The number of nitrogens with two attached hydrogens (primary N) is 1. The van der Waals surface area contributed by atoms with Crippen LogP contribution in [-0.4, -0.2) is 28.7 Å². The van der Waals surface area contributed by atoms with Crippen LogP contribution in [0.1, 0.15) is 24.0 Å². The molecule has 2 N–H and O–H groups in total. The topological polar surface area (TPSA) is 64.2 Å². The highest BCUT2D eigenvalue weighted by atomic mass is 16.1. The highest BCUT2D eigenvalue weighted by molar-refractivity contribution is 5.79. The lowest BCUT2D eigenvalue weighted by atomic mass is 10.0. The average Bonchev–Trinajstić information content (AvgIpc) is 2.72. The summed E-state index contributed by atoms with van der Waals surface area (Å²) in [4.78, 5) is 20.3. The second kappa shape index (κ2) is 7.84. The Balaban J connectivity index is 1.92. The van der Waals surface area contributed by atoms with Gasteiger partial charge in [-0.3, -0.25) is 4.79 Å². The number of aromatic nitrogens is 2. The fourth-order valence-corrected chi connectivity index (χ4v) is 3.89. The minimum Gasteiger partial charge on any atom is -0.352 e. The van der Waals surface area contributed by atoms with Gasteiger partial charge in [-0.05, 0) is 26.7 Å². The van der Waals surface area contributed by atoms with Crippen LogP contribution >= 0.6 is 0 Å². The molecular formula is C24H28N4O. The van der Waals surface area contributed by atoms with Gasteiger partial charge in [0.05, 0.1) is 11.4 Å². The Bertz CT molecular complexity index is 1060.